The molecule has 0 spiro atoms. The van der Waals surface area contributed by atoms with Crippen LogP contribution in [0.2, 0.25) is 0 Å². The lowest BCUT2D eigenvalue weighted by Gasteiger charge is -2.25. The average Bonchev–Trinajstić information content (AvgIpc) is 3.03. The molecular weight excluding hydrogens is 308 g/mol. The molecule has 22 heavy (non-hydrogen) atoms. The van der Waals surface area contributed by atoms with Crippen LogP contribution in [0.15, 0.2) is 83.5 Å². The first kappa shape index (κ1) is 14.9. The molecule has 0 unspecified atom stereocenters. The van der Waals surface area contributed by atoms with E-state index in [-0.39, 0.29) is 16.1 Å². The Morgan fingerprint density at radius 3 is 1.55 bits per heavy atom. The maximum Gasteiger partial charge on any atom is 0.527 e. The summed E-state index contributed by atoms with van der Waals surface area (Å²) in [6.45, 7) is 0. The monoisotopic (exact) mass is 321 g/mol. The SMILES string of the molecule is FC(F)(F)[P+](c1ccccc1)(c1ccccc1)c1ccco1. The van der Waals surface area contributed by atoms with E-state index in [0.717, 1.165) is 0 Å². The van der Waals surface area contributed by atoms with Crippen molar-refractivity contribution in [2.24, 2.45) is 0 Å². The second-order valence-electron chi connectivity index (χ2n) is 4.76. The van der Waals surface area contributed by atoms with Gasteiger partial charge in [-0.3, -0.25) is 0 Å². The fraction of sp³-hybridized carbons (Fsp3) is 0.0588. The lowest BCUT2D eigenvalue weighted by atomic mass is 10.4. The van der Waals surface area contributed by atoms with E-state index in [2.05, 4.69) is 0 Å². The van der Waals surface area contributed by atoms with Gasteiger partial charge in [0.05, 0.1) is 6.26 Å². The highest BCUT2D eigenvalue weighted by Crippen LogP contribution is 2.68. The van der Waals surface area contributed by atoms with Gasteiger partial charge in [-0.05, 0) is 30.3 Å². The first-order chi connectivity index (χ1) is 10.6. The van der Waals surface area contributed by atoms with Crippen molar-refractivity contribution < 1.29 is 17.6 Å². The summed E-state index contributed by atoms with van der Waals surface area (Å²) < 4.78 is 48.2. The molecule has 0 radical (unpaired) electrons. The number of furan rings is 1. The van der Waals surface area contributed by atoms with Crippen LogP contribution in [-0.4, -0.2) is 5.92 Å². The van der Waals surface area contributed by atoms with Gasteiger partial charge in [-0.1, -0.05) is 36.4 Å². The minimum atomic E-state index is -4.44. The van der Waals surface area contributed by atoms with Crippen molar-refractivity contribution in [1.82, 2.24) is 0 Å². The summed E-state index contributed by atoms with van der Waals surface area (Å²) >= 11 is 0. The van der Waals surface area contributed by atoms with Crippen LogP contribution in [0.5, 0.6) is 0 Å². The van der Waals surface area contributed by atoms with Gasteiger partial charge in [-0.15, -0.1) is 13.2 Å². The van der Waals surface area contributed by atoms with Crippen molar-refractivity contribution in [3.63, 3.8) is 0 Å². The number of halogens is 3. The molecule has 3 rings (SSSR count). The zero-order chi connectivity index (χ0) is 15.6. The van der Waals surface area contributed by atoms with Crippen molar-refractivity contribution in [2.45, 2.75) is 5.92 Å². The molecule has 3 aromatic rings. The third-order valence-corrected chi connectivity index (χ3v) is 7.33. The van der Waals surface area contributed by atoms with E-state index in [0.29, 0.717) is 0 Å². The third kappa shape index (κ3) is 2.24. The van der Waals surface area contributed by atoms with Gasteiger partial charge in [0.25, 0.3) is 12.8 Å². The zero-order valence-electron chi connectivity index (χ0n) is 11.5. The van der Waals surface area contributed by atoms with Gasteiger partial charge in [0.2, 0.25) is 0 Å². The summed E-state index contributed by atoms with van der Waals surface area (Å²) in [5.74, 6) is -4.44. The first-order valence-corrected chi connectivity index (χ1v) is 8.47. The van der Waals surface area contributed by atoms with Crippen molar-refractivity contribution >= 4 is 23.4 Å². The molecule has 1 heterocycles. The molecule has 0 atom stereocenters. The van der Waals surface area contributed by atoms with E-state index < -0.39 is 13.2 Å². The molecule has 0 aliphatic rings. The average molecular weight is 321 g/mol. The second kappa shape index (κ2) is 5.62. The predicted octanol–water partition coefficient (Wildman–Crippen LogP) is 4.09. The number of benzene rings is 2. The van der Waals surface area contributed by atoms with E-state index >= 15 is 0 Å². The minimum absolute atomic E-state index is 0.0302. The normalized spacial score (nSPS) is 12.3. The Bertz CT molecular complexity index is 682. The van der Waals surface area contributed by atoms with Crippen molar-refractivity contribution in [3.05, 3.63) is 79.1 Å². The van der Waals surface area contributed by atoms with Gasteiger partial charge in [0, 0.05) is 6.07 Å². The molecule has 0 bridgehead atoms. The Kier molecular flexibility index (Phi) is 3.79. The Balaban J connectivity index is 2.39. The van der Waals surface area contributed by atoms with Crippen LogP contribution in [0.1, 0.15) is 0 Å². The van der Waals surface area contributed by atoms with Crippen LogP contribution in [0.25, 0.3) is 0 Å². The molecule has 0 saturated carbocycles. The Morgan fingerprint density at radius 2 is 1.18 bits per heavy atom. The van der Waals surface area contributed by atoms with Gasteiger partial charge in [-0.25, -0.2) is 0 Å². The molecule has 0 amide bonds. The molecule has 0 N–H and O–H groups in total. The van der Waals surface area contributed by atoms with E-state index in [9.17, 15) is 13.2 Å². The smallest absolute Gasteiger partial charge is 0.434 e. The molecule has 0 saturated heterocycles. The van der Waals surface area contributed by atoms with Gasteiger partial charge in [0.1, 0.15) is 10.6 Å². The Labute approximate surface area is 126 Å². The van der Waals surface area contributed by atoms with Crippen molar-refractivity contribution in [3.8, 4) is 0 Å². The highest BCUT2D eigenvalue weighted by molar-refractivity contribution is 7.96. The maximum atomic E-state index is 14.3. The van der Waals surface area contributed by atoms with Crippen LogP contribution in [-0.2, 0) is 0 Å². The standard InChI is InChI=1S/C17H13F3OP/c18-17(19,20)22(16-12-7-13-21-16,14-8-3-1-4-9-14)15-10-5-2-6-11-15/h1-13H/q+1. The van der Waals surface area contributed by atoms with E-state index in [1.165, 1.54) is 42.7 Å². The topological polar surface area (TPSA) is 13.1 Å². The summed E-state index contributed by atoms with van der Waals surface area (Å²) in [6, 6.07) is 18.9. The van der Waals surface area contributed by atoms with E-state index in [1.54, 1.807) is 36.4 Å². The first-order valence-electron chi connectivity index (χ1n) is 6.68. The number of rotatable bonds is 3. The highest BCUT2D eigenvalue weighted by atomic mass is 31.2. The summed E-state index contributed by atoms with van der Waals surface area (Å²) in [4.78, 5) is 0. The number of alkyl halides is 3. The lowest BCUT2D eigenvalue weighted by Crippen LogP contribution is -2.40. The van der Waals surface area contributed by atoms with Crippen LogP contribution in [0.3, 0.4) is 0 Å². The Morgan fingerprint density at radius 1 is 0.682 bits per heavy atom. The predicted molar refractivity (Wildman–Crippen MR) is 83.5 cm³/mol. The second-order valence-corrected chi connectivity index (χ2v) is 8.08. The Hall–Kier alpha value is -2.06. The summed E-state index contributed by atoms with van der Waals surface area (Å²) in [5.41, 5.74) is -0.0302. The van der Waals surface area contributed by atoms with Gasteiger partial charge in [0.15, 0.2) is 0 Å². The zero-order valence-corrected chi connectivity index (χ0v) is 12.4. The maximum absolute atomic E-state index is 14.3. The summed E-state index contributed by atoms with van der Waals surface area (Å²) in [5, 5.41) is 0.479. The molecule has 0 aliphatic heterocycles. The molecule has 2 aromatic carbocycles. The molecule has 5 heteroatoms. The fourth-order valence-electron chi connectivity index (χ4n) is 2.59. The van der Waals surface area contributed by atoms with Crippen molar-refractivity contribution in [1.29, 1.82) is 0 Å². The number of hydrogen-bond donors (Lipinski definition) is 0. The van der Waals surface area contributed by atoms with Crippen LogP contribution >= 0.6 is 7.26 Å². The van der Waals surface area contributed by atoms with Crippen LogP contribution in [0, 0.1) is 0 Å². The third-order valence-electron chi connectivity index (χ3n) is 3.50. The molecule has 0 aliphatic carbocycles. The van der Waals surface area contributed by atoms with Gasteiger partial charge < -0.3 is 4.42 Å². The summed E-state index contributed by atoms with van der Waals surface area (Å²) in [6.07, 6.45) is 1.29. The molecule has 0 fully saturated rings. The number of hydrogen-bond acceptors (Lipinski definition) is 1. The molecular formula is C17H13F3OP+. The summed E-state index contributed by atoms with van der Waals surface area (Å²) in [7, 11) is -3.86. The van der Waals surface area contributed by atoms with Gasteiger partial charge >= 0.3 is 5.92 Å². The molecule has 1 aromatic heterocycles. The van der Waals surface area contributed by atoms with Crippen LogP contribution in [0.4, 0.5) is 13.2 Å². The van der Waals surface area contributed by atoms with Crippen molar-refractivity contribution in [2.75, 3.05) is 0 Å². The quantitative estimate of drug-likeness (QED) is 0.662. The minimum Gasteiger partial charge on any atom is -0.434 e. The molecule has 1 nitrogen and oxygen atoms in total. The van der Waals surface area contributed by atoms with Crippen LogP contribution < -0.4 is 16.1 Å². The lowest BCUT2D eigenvalue weighted by molar-refractivity contribution is -0.0403. The fourth-order valence-corrected chi connectivity index (χ4v) is 6.00. The van der Waals surface area contributed by atoms with Gasteiger partial charge in [-0.2, -0.15) is 0 Å². The van der Waals surface area contributed by atoms with E-state index in [1.807, 2.05) is 0 Å². The molecule has 112 valence electrons. The largest absolute Gasteiger partial charge is 0.527 e. The van der Waals surface area contributed by atoms with E-state index in [4.69, 9.17) is 4.42 Å². The highest BCUT2D eigenvalue weighted by Gasteiger charge is 2.70.